The van der Waals surface area contributed by atoms with Gasteiger partial charge in [-0.05, 0) is 19.4 Å². The van der Waals surface area contributed by atoms with Crippen LogP contribution in [0.25, 0.3) is 11.0 Å². The van der Waals surface area contributed by atoms with E-state index in [4.69, 9.17) is 0 Å². The summed E-state index contributed by atoms with van der Waals surface area (Å²) in [5, 5.41) is 8.71. The van der Waals surface area contributed by atoms with Crippen LogP contribution < -0.4 is 10.2 Å². The van der Waals surface area contributed by atoms with E-state index in [1.165, 1.54) is 12.8 Å². The van der Waals surface area contributed by atoms with E-state index >= 15 is 0 Å². The molecule has 0 bridgehead atoms. The topological polar surface area (TPSA) is 58.9 Å². The summed E-state index contributed by atoms with van der Waals surface area (Å²) in [6.07, 6.45) is 5.88. The number of nitrogens with zero attached hydrogens (tertiary/aromatic N) is 5. The van der Waals surface area contributed by atoms with Gasteiger partial charge in [-0.1, -0.05) is 0 Å². The number of likely N-dealkylation sites (N-methyl/N-ethyl adjacent to an activating group) is 1. The fraction of sp³-hybridized carbons (Fsp3) is 0.583. The summed E-state index contributed by atoms with van der Waals surface area (Å²) in [7, 11) is 4.01. The summed E-state index contributed by atoms with van der Waals surface area (Å²) < 4.78 is 1.79. The first kappa shape index (κ1) is 11.4. The third-order valence-electron chi connectivity index (χ3n) is 3.66. The fourth-order valence-electron chi connectivity index (χ4n) is 2.57. The number of anilines is 1. The van der Waals surface area contributed by atoms with Crippen molar-refractivity contribution in [1.29, 1.82) is 0 Å². The van der Waals surface area contributed by atoms with Crippen molar-refractivity contribution in [2.75, 3.05) is 25.0 Å². The molecule has 1 unspecified atom stereocenters. The molecule has 0 aromatic carbocycles. The Morgan fingerprint density at radius 1 is 1.44 bits per heavy atom. The molecule has 2 aromatic rings. The molecule has 0 saturated carbocycles. The van der Waals surface area contributed by atoms with E-state index in [9.17, 15) is 0 Å². The van der Waals surface area contributed by atoms with Crippen LogP contribution in [0.5, 0.6) is 0 Å². The lowest BCUT2D eigenvalue weighted by atomic mass is 10.1. The number of nitrogens with one attached hydrogen (secondary N) is 1. The van der Waals surface area contributed by atoms with Crippen molar-refractivity contribution in [2.24, 2.45) is 7.05 Å². The zero-order valence-electron chi connectivity index (χ0n) is 10.8. The highest BCUT2D eigenvalue weighted by atomic mass is 15.3. The van der Waals surface area contributed by atoms with Gasteiger partial charge in [0.1, 0.15) is 12.1 Å². The van der Waals surface area contributed by atoms with E-state index in [-0.39, 0.29) is 0 Å². The van der Waals surface area contributed by atoms with Gasteiger partial charge >= 0.3 is 0 Å². The lowest BCUT2D eigenvalue weighted by Gasteiger charge is -2.32. The number of aryl methyl sites for hydroxylation is 1. The zero-order valence-corrected chi connectivity index (χ0v) is 10.8. The first-order valence-electron chi connectivity index (χ1n) is 6.33. The summed E-state index contributed by atoms with van der Waals surface area (Å²) in [4.78, 5) is 11.0. The second-order valence-electron chi connectivity index (χ2n) is 4.81. The van der Waals surface area contributed by atoms with Crippen LogP contribution in [0.15, 0.2) is 12.5 Å². The Morgan fingerprint density at radius 2 is 2.33 bits per heavy atom. The van der Waals surface area contributed by atoms with Crippen molar-refractivity contribution in [1.82, 2.24) is 25.1 Å². The van der Waals surface area contributed by atoms with Gasteiger partial charge in [-0.25, -0.2) is 9.97 Å². The average Bonchev–Trinajstić information content (AvgIpc) is 2.81. The van der Waals surface area contributed by atoms with E-state index in [1.54, 1.807) is 11.0 Å². The first-order valence-corrected chi connectivity index (χ1v) is 6.33. The minimum atomic E-state index is 0.497. The molecule has 1 aliphatic heterocycles. The number of aromatic nitrogens is 4. The van der Waals surface area contributed by atoms with Gasteiger partial charge in [0.25, 0.3) is 0 Å². The van der Waals surface area contributed by atoms with Crippen molar-refractivity contribution < 1.29 is 0 Å². The maximum absolute atomic E-state index is 4.43. The molecular weight excluding hydrogens is 228 g/mol. The second kappa shape index (κ2) is 4.53. The molecule has 1 atom stereocenters. The zero-order chi connectivity index (χ0) is 12.5. The number of hydrogen-bond acceptors (Lipinski definition) is 5. The van der Waals surface area contributed by atoms with Crippen LogP contribution in [0.2, 0.25) is 0 Å². The predicted molar refractivity (Wildman–Crippen MR) is 70.6 cm³/mol. The molecule has 6 heteroatoms. The van der Waals surface area contributed by atoms with E-state index in [1.807, 2.05) is 13.2 Å². The molecule has 96 valence electrons. The van der Waals surface area contributed by atoms with Gasteiger partial charge in [0.05, 0.1) is 11.6 Å². The van der Waals surface area contributed by atoms with Crippen molar-refractivity contribution in [3.05, 3.63) is 12.5 Å². The molecule has 3 rings (SSSR count). The Labute approximate surface area is 106 Å². The molecule has 0 spiro atoms. The summed E-state index contributed by atoms with van der Waals surface area (Å²) >= 11 is 0. The summed E-state index contributed by atoms with van der Waals surface area (Å²) in [5.74, 6) is 0.974. The van der Waals surface area contributed by atoms with E-state index in [2.05, 4.69) is 32.3 Å². The molecule has 1 N–H and O–H groups in total. The van der Waals surface area contributed by atoms with Crippen molar-refractivity contribution in [3.63, 3.8) is 0 Å². The van der Waals surface area contributed by atoms with Gasteiger partial charge in [0.2, 0.25) is 0 Å². The van der Waals surface area contributed by atoms with Crippen LogP contribution in [0.1, 0.15) is 12.8 Å². The fourth-order valence-corrected chi connectivity index (χ4v) is 2.57. The normalized spacial score (nSPS) is 20.2. The minimum absolute atomic E-state index is 0.497. The standard InChI is InChI=1S/C12H18N6/c1-17(9-4-3-5-13-6-9)11-10-7-16-18(2)12(10)15-8-14-11/h7-9,13H,3-6H2,1-2H3. The van der Waals surface area contributed by atoms with Gasteiger partial charge in [-0.2, -0.15) is 5.10 Å². The predicted octanol–water partition coefficient (Wildman–Crippen LogP) is 0.551. The Balaban J connectivity index is 1.97. The molecule has 1 saturated heterocycles. The number of fused-ring (bicyclic) bond motifs is 1. The number of hydrogen-bond donors (Lipinski definition) is 1. The highest BCUT2D eigenvalue weighted by molar-refractivity contribution is 5.86. The summed E-state index contributed by atoms with van der Waals surface area (Å²) in [6.45, 7) is 2.14. The number of rotatable bonds is 2. The van der Waals surface area contributed by atoms with E-state index in [0.717, 1.165) is 29.9 Å². The first-order chi connectivity index (χ1) is 8.77. The molecule has 3 heterocycles. The summed E-state index contributed by atoms with van der Waals surface area (Å²) in [6, 6.07) is 0.497. The van der Waals surface area contributed by atoms with Crippen LogP contribution in [0.4, 0.5) is 5.82 Å². The molecule has 1 aliphatic rings. The van der Waals surface area contributed by atoms with Crippen LogP contribution >= 0.6 is 0 Å². The van der Waals surface area contributed by atoms with Crippen LogP contribution in [-0.2, 0) is 7.05 Å². The van der Waals surface area contributed by atoms with Gasteiger partial charge in [-0.15, -0.1) is 0 Å². The Hall–Kier alpha value is -1.69. The lowest BCUT2D eigenvalue weighted by molar-refractivity contribution is 0.444. The summed E-state index contributed by atoms with van der Waals surface area (Å²) in [5.41, 5.74) is 0.885. The third kappa shape index (κ3) is 1.82. The van der Waals surface area contributed by atoms with E-state index in [0.29, 0.717) is 6.04 Å². The van der Waals surface area contributed by atoms with Crippen LogP contribution in [-0.4, -0.2) is 45.9 Å². The molecule has 6 nitrogen and oxygen atoms in total. The third-order valence-corrected chi connectivity index (χ3v) is 3.66. The maximum Gasteiger partial charge on any atom is 0.163 e. The molecule has 1 fully saturated rings. The largest absolute Gasteiger partial charge is 0.355 e. The van der Waals surface area contributed by atoms with Gasteiger partial charge in [0, 0.05) is 26.7 Å². The van der Waals surface area contributed by atoms with Crippen molar-refractivity contribution in [3.8, 4) is 0 Å². The highest BCUT2D eigenvalue weighted by Gasteiger charge is 2.21. The van der Waals surface area contributed by atoms with Gasteiger partial charge in [-0.3, -0.25) is 4.68 Å². The molecule has 0 radical (unpaired) electrons. The maximum atomic E-state index is 4.43. The average molecular weight is 246 g/mol. The van der Waals surface area contributed by atoms with Crippen LogP contribution in [0, 0.1) is 0 Å². The van der Waals surface area contributed by atoms with Gasteiger partial charge in [0.15, 0.2) is 5.65 Å². The molecule has 18 heavy (non-hydrogen) atoms. The molecular formula is C12H18N6. The monoisotopic (exact) mass is 246 g/mol. The SMILES string of the molecule is CN(c1ncnc2c1cnn2C)C1CCCNC1. The molecule has 0 aliphatic carbocycles. The Bertz CT molecular complexity index is 542. The minimum Gasteiger partial charge on any atom is -0.355 e. The second-order valence-corrected chi connectivity index (χ2v) is 4.81. The smallest absolute Gasteiger partial charge is 0.163 e. The Morgan fingerprint density at radius 3 is 3.11 bits per heavy atom. The quantitative estimate of drug-likeness (QED) is 0.838. The van der Waals surface area contributed by atoms with Gasteiger partial charge < -0.3 is 10.2 Å². The Kier molecular flexibility index (Phi) is 2.87. The van der Waals surface area contributed by atoms with E-state index < -0.39 is 0 Å². The molecule has 2 aromatic heterocycles. The molecule has 0 amide bonds. The van der Waals surface area contributed by atoms with Crippen molar-refractivity contribution in [2.45, 2.75) is 18.9 Å². The van der Waals surface area contributed by atoms with Crippen molar-refractivity contribution >= 4 is 16.9 Å². The highest BCUT2D eigenvalue weighted by Crippen LogP contribution is 2.24. The lowest BCUT2D eigenvalue weighted by Crippen LogP contribution is -2.44. The van der Waals surface area contributed by atoms with Crippen LogP contribution in [0.3, 0.4) is 0 Å². The number of piperidine rings is 1.